The Bertz CT molecular complexity index is 2540. The topological polar surface area (TPSA) is 38.7 Å². The lowest BCUT2D eigenvalue weighted by molar-refractivity contribution is 1.18. The molecule has 0 spiro atoms. The summed E-state index contributed by atoms with van der Waals surface area (Å²) in [6.45, 7) is 0. The van der Waals surface area contributed by atoms with Gasteiger partial charge < -0.3 is 0 Å². The van der Waals surface area contributed by atoms with E-state index in [1.54, 1.807) is 0 Å². The molecule has 0 radical (unpaired) electrons. The SMILES string of the molecule is c1ccc(-c2cc(-c3ccc(-c4ccc(-c5cc(-c6ccccc6)c6c(ccc7ccccc76)n5)cc4)cc3)nc(-c3ccccc3)n2)cc1. The fourth-order valence-electron chi connectivity index (χ4n) is 6.74. The summed E-state index contributed by atoms with van der Waals surface area (Å²) >= 11 is 0. The normalized spacial score (nSPS) is 11.2. The van der Waals surface area contributed by atoms with Crippen molar-refractivity contribution >= 4 is 21.7 Å². The van der Waals surface area contributed by atoms with Crippen LogP contribution in [-0.2, 0) is 0 Å². The molecule has 3 heteroatoms. The summed E-state index contributed by atoms with van der Waals surface area (Å²) in [6.07, 6.45) is 0. The van der Waals surface area contributed by atoms with E-state index in [1.807, 2.05) is 36.4 Å². The van der Waals surface area contributed by atoms with Crippen LogP contribution in [0.1, 0.15) is 0 Å². The van der Waals surface area contributed by atoms with E-state index in [-0.39, 0.29) is 0 Å². The van der Waals surface area contributed by atoms with Crippen LogP contribution in [0.25, 0.3) is 89.1 Å². The largest absolute Gasteiger partial charge is 0.248 e. The molecule has 0 amide bonds. The fourth-order valence-corrected chi connectivity index (χ4v) is 6.74. The first-order valence-electron chi connectivity index (χ1n) is 16.9. The Balaban J connectivity index is 1.06. The van der Waals surface area contributed by atoms with Crippen molar-refractivity contribution in [2.24, 2.45) is 0 Å². The molecule has 2 heterocycles. The van der Waals surface area contributed by atoms with Crippen molar-refractivity contribution in [3.8, 4) is 67.4 Å². The van der Waals surface area contributed by atoms with Crippen LogP contribution in [0.4, 0.5) is 0 Å². The Morgan fingerprint density at radius 2 is 0.760 bits per heavy atom. The summed E-state index contributed by atoms with van der Waals surface area (Å²) in [5.41, 5.74) is 12.6. The number of pyridine rings is 1. The minimum absolute atomic E-state index is 0.715. The van der Waals surface area contributed by atoms with Crippen LogP contribution in [0.3, 0.4) is 0 Å². The smallest absolute Gasteiger partial charge is 0.160 e. The molecule has 0 fully saturated rings. The lowest BCUT2D eigenvalue weighted by atomic mass is 9.94. The number of aromatic nitrogens is 3. The molecule has 234 valence electrons. The van der Waals surface area contributed by atoms with Gasteiger partial charge in [0.25, 0.3) is 0 Å². The molecule has 0 unspecified atom stereocenters. The molecule has 9 aromatic rings. The number of rotatable bonds is 6. The van der Waals surface area contributed by atoms with Crippen LogP contribution in [0.2, 0.25) is 0 Å². The molecule has 0 N–H and O–H groups in total. The number of benzene rings is 7. The molecular weight excluding hydrogens is 607 g/mol. The zero-order valence-electron chi connectivity index (χ0n) is 27.2. The number of hydrogen-bond donors (Lipinski definition) is 0. The highest BCUT2D eigenvalue weighted by atomic mass is 14.9. The van der Waals surface area contributed by atoms with Crippen molar-refractivity contribution in [1.29, 1.82) is 0 Å². The van der Waals surface area contributed by atoms with E-state index >= 15 is 0 Å². The van der Waals surface area contributed by atoms with Crippen LogP contribution in [-0.4, -0.2) is 15.0 Å². The van der Waals surface area contributed by atoms with Crippen LogP contribution in [0.15, 0.2) is 188 Å². The molecule has 2 aromatic heterocycles. The molecule has 7 aromatic carbocycles. The third-order valence-corrected chi connectivity index (χ3v) is 9.31. The van der Waals surface area contributed by atoms with Crippen molar-refractivity contribution in [1.82, 2.24) is 15.0 Å². The number of fused-ring (bicyclic) bond motifs is 3. The van der Waals surface area contributed by atoms with Gasteiger partial charge in [0, 0.05) is 27.6 Å². The second-order valence-corrected chi connectivity index (χ2v) is 12.5. The van der Waals surface area contributed by atoms with Crippen molar-refractivity contribution in [3.63, 3.8) is 0 Å². The Labute approximate surface area is 291 Å². The van der Waals surface area contributed by atoms with Crippen molar-refractivity contribution < 1.29 is 0 Å². The summed E-state index contributed by atoms with van der Waals surface area (Å²) in [6, 6.07) is 65.6. The summed E-state index contributed by atoms with van der Waals surface area (Å²) in [5.74, 6) is 0.715. The third kappa shape index (κ3) is 5.61. The molecule has 3 nitrogen and oxygen atoms in total. The zero-order chi connectivity index (χ0) is 33.3. The Hall–Kier alpha value is -6.71. The Morgan fingerprint density at radius 3 is 1.36 bits per heavy atom. The van der Waals surface area contributed by atoms with Crippen LogP contribution in [0, 0.1) is 0 Å². The van der Waals surface area contributed by atoms with Gasteiger partial charge in [0.05, 0.1) is 22.6 Å². The minimum Gasteiger partial charge on any atom is -0.248 e. The average molecular weight is 638 g/mol. The van der Waals surface area contributed by atoms with E-state index in [0.717, 1.165) is 56.0 Å². The minimum atomic E-state index is 0.715. The summed E-state index contributed by atoms with van der Waals surface area (Å²) in [7, 11) is 0. The lowest BCUT2D eigenvalue weighted by Crippen LogP contribution is -1.95. The first kappa shape index (κ1) is 29.4. The van der Waals surface area contributed by atoms with Gasteiger partial charge in [-0.3, -0.25) is 0 Å². The highest BCUT2D eigenvalue weighted by molar-refractivity contribution is 6.13. The van der Waals surface area contributed by atoms with Crippen molar-refractivity contribution in [2.75, 3.05) is 0 Å². The maximum atomic E-state index is 5.18. The average Bonchev–Trinajstić information content (AvgIpc) is 3.21. The second-order valence-electron chi connectivity index (χ2n) is 12.5. The molecule has 0 aliphatic rings. The van der Waals surface area contributed by atoms with Gasteiger partial charge in [-0.1, -0.05) is 170 Å². The summed E-state index contributed by atoms with van der Waals surface area (Å²) in [4.78, 5) is 15.1. The van der Waals surface area contributed by atoms with Crippen LogP contribution >= 0.6 is 0 Å². The molecule has 50 heavy (non-hydrogen) atoms. The highest BCUT2D eigenvalue weighted by Crippen LogP contribution is 2.37. The van der Waals surface area contributed by atoms with Crippen LogP contribution in [0.5, 0.6) is 0 Å². The third-order valence-electron chi connectivity index (χ3n) is 9.31. The predicted molar refractivity (Wildman–Crippen MR) is 207 cm³/mol. The van der Waals surface area contributed by atoms with Gasteiger partial charge in [0.15, 0.2) is 5.82 Å². The van der Waals surface area contributed by atoms with E-state index in [1.165, 1.54) is 27.3 Å². The lowest BCUT2D eigenvalue weighted by Gasteiger charge is -2.13. The second kappa shape index (κ2) is 12.7. The van der Waals surface area contributed by atoms with Crippen LogP contribution < -0.4 is 0 Å². The van der Waals surface area contributed by atoms with Gasteiger partial charge in [-0.25, -0.2) is 15.0 Å². The zero-order valence-corrected chi connectivity index (χ0v) is 27.2. The summed E-state index contributed by atoms with van der Waals surface area (Å²) in [5, 5.41) is 3.62. The van der Waals surface area contributed by atoms with Crippen molar-refractivity contribution in [3.05, 3.63) is 188 Å². The fraction of sp³-hybridized carbons (Fsp3) is 0. The molecule has 0 atom stereocenters. The van der Waals surface area contributed by atoms with Gasteiger partial charge in [0.2, 0.25) is 0 Å². The molecule has 9 rings (SSSR count). The van der Waals surface area contributed by atoms with E-state index in [2.05, 4.69) is 152 Å². The molecule has 0 saturated heterocycles. The maximum Gasteiger partial charge on any atom is 0.160 e. The first-order chi connectivity index (χ1) is 24.8. The summed E-state index contributed by atoms with van der Waals surface area (Å²) < 4.78 is 0. The van der Waals surface area contributed by atoms with Gasteiger partial charge in [-0.2, -0.15) is 0 Å². The van der Waals surface area contributed by atoms with Gasteiger partial charge >= 0.3 is 0 Å². The standard InChI is InChI=1S/C47H31N3/c1-4-12-34(13-5-1)41-30-43(48-42-29-28-35-14-10-11-19-40(35)46(41)42)37-24-20-32(21-25-37)33-22-26-38(27-23-33)45-31-44(36-15-6-2-7-16-36)49-47(50-45)39-17-8-3-9-18-39/h1-31H. The molecule has 0 bridgehead atoms. The van der Waals surface area contributed by atoms with E-state index in [4.69, 9.17) is 15.0 Å². The Kier molecular flexibility index (Phi) is 7.49. The van der Waals surface area contributed by atoms with Crippen molar-refractivity contribution in [2.45, 2.75) is 0 Å². The maximum absolute atomic E-state index is 5.18. The van der Waals surface area contributed by atoms with Gasteiger partial charge in [0.1, 0.15) is 0 Å². The number of nitrogens with zero attached hydrogens (tertiary/aromatic N) is 3. The first-order valence-corrected chi connectivity index (χ1v) is 16.9. The van der Waals surface area contributed by atoms with Gasteiger partial charge in [-0.15, -0.1) is 0 Å². The predicted octanol–water partition coefficient (Wildman–Crippen LogP) is 12.2. The van der Waals surface area contributed by atoms with E-state index < -0.39 is 0 Å². The van der Waals surface area contributed by atoms with E-state index in [0.29, 0.717) is 5.82 Å². The molecule has 0 aliphatic heterocycles. The quantitative estimate of drug-likeness (QED) is 0.170. The number of hydrogen-bond acceptors (Lipinski definition) is 3. The highest BCUT2D eigenvalue weighted by Gasteiger charge is 2.14. The Morgan fingerprint density at radius 1 is 0.300 bits per heavy atom. The monoisotopic (exact) mass is 637 g/mol. The molecule has 0 saturated carbocycles. The molecular formula is C47H31N3. The van der Waals surface area contributed by atoms with Gasteiger partial charge in [-0.05, 0) is 51.2 Å². The molecule has 0 aliphatic carbocycles. The van der Waals surface area contributed by atoms with E-state index in [9.17, 15) is 0 Å².